The van der Waals surface area contributed by atoms with Crippen LogP contribution in [0, 0.1) is 11.6 Å². The zero-order valence-electron chi connectivity index (χ0n) is 13.4. The molecule has 26 heavy (non-hydrogen) atoms. The van der Waals surface area contributed by atoms with Crippen molar-refractivity contribution in [2.24, 2.45) is 0 Å². The van der Waals surface area contributed by atoms with Crippen molar-refractivity contribution in [3.8, 4) is 0 Å². The molecular weight excluding hydrogens is 340 g/mol. The number of hydrogen-bond donors (Lipinski definition) is 2. The maximum atomic E-state index is 13.6. The van der Waals surface area contributed by atoms with Crippen LogP contribution in [0.25, 0.3) is 0 Å². The van der Waals surface area contributed by atoms with E-state index in [1.807, 2.05) is 0 Å². The molecule has 0 aliphatic heterocycles. The van der Waals surface area contributed by atoms with Crippen LogP contribution in [0.3, 0.4) is 0 Å². The topological polar surface area (TPSA) is 71.1 Å². The Labute approximate surface area is 147 Å². The monoisotopic (exact) mass is 353 g/mol. The molecule has 0 unspecified atom stereocenters. The molecule has 2 aromatic carbocycles. The molecule has 130 valence electrons. The van der Waals surface area contributed by atoms with E-state index in [2.05, 4.69) is 15.6 Å². The number of amides is 2. The lowest BCUT2D eigenvalue weighted by molar-refractivity contribution is 0.101. The molecule has 3 aromatic rings. The number of nitrogens with zero attached hydrogens (tertiary/aromatic N) is 1. The first-order chi connectivity index (χ1) is 12.5. The minimum atomic E-state index is -0.906. The third kappa shape index (κ3) is 3.89. The van der Waals surface area contributed by atoms with Crippen LogP contribution in [0.15, 0.2) is 66.7 Å². The van der Waals surface area contributed by atoms with Gasteiger partial charge in [-0.25, -0.2) is 13.8 Å². The fourth-order valence-corrected chi connectivity index (χ4v) is 2.20. The smallest absolute Gasteiger partial charge is 0.274 e. The molecule has 0 atom stereocenters. The van der Waals surface area contributed by atoms with E-state index >= 15 is 0 Å². The maximum Gasteiger partial charge on any atom is 0.274 e. The van der Waals surface area contributed by atoms with Crippen LogP contribution < -0.4 is 10.6 Å². The van der Waals surface area contributed by atoms with E-state index < -0.39 is 29.1 Å². The van der Waals surface area contributed by atoms with E-state index in [4.69, 9.17) is 0 Å². The van der Waals surface area contributed by atoms with Crippen molar-refractivity contribution in [2.75, 3.05) is 10.6 Å². The highest BCUT2D eigenvalue weighted by Crippen LogP contribution is 2.18. The Morgan fingerprint density at radius 2 is 1.23 bits per heavy atom. The van der Waals surface area contributed by atoms with Crippen molar-refractivity contribution >= 4 is 23.2 Å². The van der Waals surface area contributed by atoms with Crippen molar-refractivity contribution < 1.29 is 18.4 Å². The number of carbonyl (C=O) groups excluding carboxylic acids is 2. The van der Waals surface area contributed by atoms with Gasteiger partial charge in [0, 0.05) is 5.69 Å². The van der Waals surface area contributed by atoms with E-state index in [0.717, 1.165) is 12.1 Å². The molecule has 0 saturated heterocycles. The molecule has 0 spiro atoms. The van der Waals surface area contributed by atoms with E-state index in [0.29, 0.717) is 5.69 Å². The molecule has 0 aliphatic rings. The number of nitrogens with one attached hydrogen (secondary N) is 2. The first-order valence-corrected chi connectivity index (χ1v) is 7.63. The Bertz CT molecular complexity index is 942. The Hall–Kier alpha value is -3.61. The zero-order valence-corrected chi connectivity index (χ0v) is 13.4. The van der Waals surface area contributed by atoms with E-state index in [9.17, 15) is 18.4 Å². The van der Waals surface area contributed by atoms with Gasteiger partial charge in [0.1, 0.15) is 28.7 Å². The van der Waals surface area contributed by atoms with Gasteiger partial charge in [-0.2, -0.15) is 0 Å². The Morgan fingerprint density at radius 3 is 1.85 bits per heavy atom. The SMILES string of the molecule is O=C(Nc1ccccc1)c1cccc(C(=O)Nc2c(F)cccc2F)n1. The Balaban J connectivity index is 1.78. The summed E-state index contributed by atoms with van der Waals surface area (Å²) in [4.78, 5) is 28.4. The minimum Gasteiger partial charge on any atom is -0.321 e. The summed E-state index contributed by atoms with van der Waals surface area (Å²) < 4.78 is 27.3. The third-order valence-corrected chi connectivity index (χ3v) is 3.45. The number of para-hydroxylation sites is 2. The molecule has 7 heteroatoms. The van der Waals surface area contributed by atoms with E-state index in [1.54, 1.807) is 30.3 Å². The van der Waals surface area contributed by atoms with Crippen molar-refractivity contribution in [3.05, 3.63) is 89.8 Å². The fraction of sp³-hybridized carbons (Fsp3) is 0. The number of aromatic nitrogens is 1. The highest BCUT2D eigenvalue weighted by molar-refractivity contribution is 6.06. The number of halogens is 2. The number of anilines is 2. The second-order valence-corrected chi connectivity index (χ2v) is 5.28. The zero-order chi connectivity index (χ0) is 18.5. The highest BCUT2D eigenvalue weighted by atomic mass is 19.1. The van der Waals surface area contributed by atoms with Gasteiger partial charge in [0.05, 0.1) is 0 Å². The number of rotatable bonds is 4. The summed E-state index contributed by atoms with van der Waals surface area (Å²) in [7, 11) is 0. The molecule has 0 aliphatic carbocycles. The first kappa shape index (κ1) is 17.2. The fourth-order valence-electron chi connectivity index (χ4n) is 2.20. The third-order valence-electron chi connectivity index (χ3n) is 3.45. The Morgan fingerprint density at radius 1 is 0.692 bits per heavy atom. The van der Waals surface area contributed by atoms with Crippen LogP contribution in [0.1, 0.15) is 21.0 Å². The predicted molar refractivity (Wildman–Crippen MR) is 92.9 cm³/mol. The summed E-state index contributed by atoms with van der Waals surface area (Å²) in [5.41, 5.74) is -0.148. The van der Waals surface area contributed by atoms with Gasteiger partial charge >= 0.3 is 0 Å². The summed E-state index contributed by atoms with van der Waals surface area (Å²) in [6, 6.07) is 16.2. The number of pyridine rings is 1. The lowest BCUT2D eigenvalue weighted by atomic mass is 10.2. The summed E-state index contributed by atoms with van der Waals surface area (Å²) in [5, 5.41) is 4.77. The number of hydrogen-bond acceptors (Lipinski definition) is 3. The first-order valence-electron chi connectivity index (χ1n) is 7.63. The van der Waals surface area contributed by atoms with Crippen LogP contribution in [-0.4, -0.2) is 16.8 Å². The molecule has 0 bridgehead atoms. The molecule has 1 heterocycles. The van der Waals surface area contributed by atoms with Gasteiger partial charge in [-0.1, -0.05) is 30.3 Å². The minimum absolute atomic E-state index is 0.00416. The van der Waals surface area contributed by atoms with E-state index in [1.165, 1.54) is 24.3 Å². The van der Waals surface area contributed by atoms with Crippen LogP contribution in [-0.2, 0) is 0 Å². The molecule has 3 rings (SSSR count). The summed E-state index contributed by atoms with van der Waals surface area (Å²) in [5.74, 6) is -3.15. The molecular formula is C19H13F2N3O2. The number of benzene rings is 2. The van der Waals surface area contributed by atoms with Crippen molar-refractivity contribution in [1.82, 2.24) is 4.98 Å². The highest BCUT2D eigenvalue weighted by Gasteiger charge is 2.16. The van der Waals surface area contributed by atoms with Gasteiger partial charge in [-0.3, -0.25) is 9.59 Å². The average Bonchev–Trinajstić information content (AvgIpc) is 2.65. The molecule has 0 fully saturated rings. The van der Waals surface area contributed by atoms with Crippen molar-refractivity contribution in [2.45, 2.75) is 0 Å². The molecule has 5 nitrogen and oxygen atoms in total. The molecule has 2 N–H and O–H groups in total. The van der Waals surface area contributed by atoms with Crippen molar-refractivity contribution in [3.63, 3.8) is 0 Å². The van der Waals surface area contributed by atoms with Crippen molar-refractivity contribution in [1.29, 1.82) is 0 Å². The standard InChI is InChI=1S/C19H13F2N3O2/c20-13-8-4-9-14(21)17(13)24-19(26)16-11-5-10-15(23-16)18(25)22-12-6-2-1-3-7-12/h1-11H,(H,22,25)(H,24,26). The lowest BCUT2D eigenvalue weighted by Gasteiger charge is -2.08. The largest absolute Gasteiger partial charge is 0.321 e. The van der Waals surface area contributed by atoms with Gasteiger partial charge in [0.15, 0.2) is 0 Å². The quantitative estimate of drug-likeness (QED) is 0.748. The van der Waals surface area contributed by atoms with Gasteiger partial charge < -0.3 is 10.6 Å². The van der Waals surface area contributed by atoms with Gasteiger partial charge in [0.25, 0.3) is 11.8 Å². The van der Waals surface area contributed by atoms with Crippen LogP contribution in [0.4, 0.5) is 20.2 Å². The summed E-state index contributed by atoms with van der Waals surface area (Å²) >= 11 is 0. The maximum absolute atomic E-state index is 13.6. The summed E-state index contributed by atoms with van der Waals surface area (Å²) in [6.07, 6.45) is 0. The molecule has 1 aromatic heterocycles. The van der Waals surface area contributed by atoms with Gasteiger partial charge in [0.2, 0.25) is 0 Å². The second kappa shape index (κ2) is 7.52. The van der Waals surface area contributed by atoms with E-state index in [-0.39, 0.29) is 11.4 Å². The predicted octanol–water partition coefficient (Wildman–Crippen LogP) is 3.86. The average molecular weight is 353 g/mol. The Kier molecular flexibility index (Phi) is 4.98. The van der Waals surface area contributed by atoms with Crippen LogP contribution in [0.2, 0.25) is 0 Å². The molecule has 0 saturated carbocycles. The lowest BCUT2D eigenvalue weighted by Crippen LogP contribution is -2.19. The summed E-state index contributed by atoms with van der Waals surface area (Å²) in [6.45, 7) is 0. The number of carbonyl (C=O) groups is 2. The second-order valence-electron chi connectivity index (χ2n) is 5.28. The van der Waals surface area contributed by atoms with Crippen LogP contribution >= 0.6 is 0 Å². The molecule has 2 amide bonds. The van der Waals surface area contributed by atoms with Gasteiger partial charge in [-0.15, -0.1) is 0 Å². The van der Waals surface area contributed by atoms with Crippen LogP contribution in [0.5, 0.6) is 0 Å². The molecule has 0 radical (unpaired) electrons. The normalized spacial score (nSPS) is 10.2. The van der Waals surface area contributed by atoms with Gasteiger partial charge in [-0.05, 0) is 36.4 Å².